The van der Waals surface area contributed by atoms with Crippen molar-refractivity contribution in [2.24, 2.45) is 0 Å². The predicted molar refractivity (Wildman–Crippen MR) is 64.4 cm³/mol. The van der Waals surface area contributed by atoms with Crippen molar-refractivity contribution >= 4 is 11.5 Å². The van der Waals surface area contributed by atoms with Crippen LogP contribution in [0.2, 0.25) is 0 Å². The second-order valence-electron chi connectivity index (χ2n) is 3.60. The lowest BCUT2D eigenvalue weighted by Gasteiger charge is -2.11. The molecule has 0 aliphatic carbocycles. The number of pyridine rings is 1. The molecule has 0 aliphatic heterocycles. The van der Waals surface area contributed by atoms with Gasteiger partial charge in [0.15, 0.2) is 0 Å². The van der Waals surface area contributed by atoms with Gasteiger partial charge in [0.05, 0.1) is 24.0 Å². The van der Waals surface area contributed by atoms with Gasteiger partial charge in [0.1, 0.15) is 11.9 Å². The van der Waals surface area contributed by atoms with Crippen molar-refractivity contribution in [1.82, 2.24) is 4.98 Å². The summed E-state index contributed by atoms with van der Waals surface area (Å²) in [5, 5.41) is 21.1. The first-order chi connectivity index (χ1) is 8.17. The lowest BCUT2D eigenvalue weighted by atomic mass is 10.2. The molecule has 1 aromatic heterocycles. The van der Waals surface area contributed by atoms with E-state index < -0.39 is 6.10 Å². The Morgan fingerprint density at radius 2 is 2.47 bits per heavy atom. The van der Waals surface area contributed by atoms with E-state index in [0.717, 1.165) is 0 Å². The Hall–Kier alpha value is -1.84. The molecule has 4 N–H and O–H groups in total. The summed E-state index contributed by atoms with van der Waals surface area (Å²) < 4.78 is 4.81. The van der Waals surface area contributed by atoms with Crippen LogP contribution in [0.4, 0.5) is 11.5 Å². The van der Waals surface area contributed by atoms with Crippen molar-refractivity contribution in [1.29, 1.82) is 5.26 Å². The van der Waals surface area contributed by atoms with E-state index in [1.807, 2.05) is 6.07 Å². The van der Waals surface area contributed by atoms with Gasteiger partial charge in [-0.25, -0.2) is 4.98 Å². The number of hydrogen-bond acceptors (Lipinski definition) is 6. The molecule has 0 aliphatic rings. The molecule has 0 bridgehead atoms. The number of aliphatic hydroxyl groups is 1. The summed E-state index contributed by atoms with van der Waals surface area (Å²) in [4.78, 5) is 4.02. The van der Waals surface area contributed by atoms with Gasteiger partial charge in [-0.15, -0.1) is 0 Å². The highest BCUT2D eigenvalue weighted by Crippen LogP contribution is 2.15. The average molecular weight is 236 g/mol. The number of nitrogens with zero attached hydrogens (tertiary/aromatic N) is 2. The van der Waals surface area contributed by atoms with Crippen molar-refractivity contribution in [3.8, 4) is 6.07 Å². The van der Waals surface area contributed by atoms with E-state index in [4.69, 9.17) is 15.7 Å². The summed E-state index contributed by atoms with van der Waals surface area (Å²) in [7, 11) is 1.54. The lowest BCUT2D eigenvalue weighted by molar-refractivity contribution is 0.0615. The molecule has 0 saturated carbocycles. The van der Waals surface area contributed by atoms with Crippen LogP contribution in [0.5, 0.6) is 0 Å². The Kier molecular flexibility index (Phi) is 5.20. The lowest BCUT2D eigenvalue weighted by Crippen LogP contribution is -2.19. The molecule has 0 fully saturated rings. The van der Waals surface area contributed by atoms with Crippen molar-refractivity contribution in [3.63, 3.8) is 0 Å². The Bertz CT molecular complexity index is 403. The van der Waals surface area contributed by atoms with Crippen LogP contribution in [0.25, 0.3) is 0 Å². The molecule has 1 unspecified atom stereocenters. The molecule has 1 rings (SSSR count). The van der Waals surface area contributed by atoms with Gasteiger partial charge in [-0.1, -0.05) is 0 Å². The number of ether oxygens (including phenoxy) is 1. The first-order valence-electron chi connectivity index (χ1n) is 5.24. The Morgan fingerprint density at radius 1 is 1.71 bits per heavy atom. The average Bonchev–Trinajstić information content (AvgIpc) is 2.31. The Labute approximate surface area is 100 Å². The van der Waals surface area contributed by atoms with Gasteiger partial charge >= 0.3 is 0 Å². The highest BCUT2D eigenvalue weighted by molar-refractivity contribution is 5.62. The number of nitriles is 1. The van der Waals surface area contributed by atoms with Crippen molar-refractivity contribution in [3.05, 3.63) is 17.8 Å². The summed E-state index contributed by atoms with van der Waals surface area (Å²) >= 11 is 0. The molecule has 1 atom stereocenters. The monoisotopic (exact) mass is 236 g/mol. The summed E-state index contributed by atoms with van der Waals surface area (Å²) in [6, 6.07) is 3.52. The van der Waals surface area contributed by atoms with Crippen LogP contribution in [-0.4, -0.2) is 36.5 Å². The van der Waals surface area contributed by atoms with Crippen molar-refractivity contribution in [2.75, 3.05) is 31.3 Å². The number of anilines is 2. The quantitative estimate of drug-likeness (QED) is 0.658. The van der Waals surface area contributed by atoms with Gasteiger partial charge in [0, 0.05) is 19.9 Å². The normalized spacial score (nSPS) is 11.8. The second-order valence-corrected chi connectivity index (χ2v) is 3.60. The molecule has 17 heavy (non-hydrogen) atoms. The van der Waals surface area contributed by atoms with Gasteiger partial charge in [-0.05, 0) is 12.5 Å². The smallest absolute Gasteiger partial charge is 0.149 e. The van der Waals surface area contributed by atoms with E-state index in [0.29, 0.717) is 36.6 Å². The second kappa shape index (κ2) is 6.68. The first-order valence-corrected chi connectivity index (χ1v) is 5.24. The Balaban J connectivity index is 2.45. The van der Waals surface area contributed by atoms with E-state index in [2.05, 4.69) is 10.3 Å². The predicted octanol–water partition coefficient (Wildman–Crippen LogP) is 0.345. The number of rotatable bonds is 6. The molecule has 6 heteroatoms. The van der Waals surface area contributed by atoms with Crippen LogP contribution in [0.1, 0.15) is 12.0 Å². The number of aliphatic hydroxyl groups excluding tert-OH is 1. The Morgan fingerprint density at radius 3 is 3.06 bits per heavy atom. The molecule has 0 saturated heterocycles. The van der Waals surface area contributed by atoms with Crippen molar-refractivity contribution in [2.45, 2.75) is 12.5 Å². The number of methoxy groups -OCH3 is 1. The maximum Gasteiger partial charge on any atom is 0.149 e. The summed E-state index contributed by atoms with van der Waals surface area (Å²) in [6.07, 6.45) is 1.48. The van der Waals surface area contributed by atoms with Crippen LogP contribution >= 0.6 is 0 Å². The minimum Gasteiger partial charge on any atom is -0.396 e. The SMILES string of the molecule is COCC(O)CCNc1ncc(C#N)cc1N. The molecular weight excluding hydrogens is 220 g/mol. The van der Waals surface area contributed by atoms with Gasteiger partial charge in [0.2, 0.25) is 0 Å². The molecule has 92 valence electrons. The summed E-state index contributed by atoms with van der Waals surface area (Å²) in [6.45, 7) is 0.839. The van der Waals surface area contributed by atoms with Gasteiger partial charge in [-0.2, -0.15) is 5.26 Å². The molecule has 0 amide bonds. The molecule has 6 nitrogen and oxygen atoms in total. The number of hydrogen-bond donors (Lipinski definition) is 3. The van der Waals surface area contributed by atoms with Crippen LogP contribution < -0.4 is 11.1 Å². The van der Waals surface area contributed by atoms with E-state index in [1.54, 1.807) is 6.07 Å². The fourth-order valence-electron chi connectivity index (χ4n) is 1.32. The largest absolute Gasteiger partial charge is 0.396 e. The minimum atomic E-state index is -0.507. The van der Waals surface area contributed by atoms with Gasteiger partial charge in [-0.3, -0.25) is 0 Å². The summed E-state index contributed by atoms with van der Waals surface area (Å²) in [5.74, 6) is 0.522. The topological polar surface area (TPSA) is 104 Å². The fourth-order valence-corrected chi connectivity index (χ4v) is 1.32. The third kappa shape index (κ3) is 4.26. The zero-order valence-electron chi connectivity index (χ0n) is 9.68. The highest BCUT2D eigenvalue weighted by atomic mass is 16.5. The van der Waals surface area contributed by atoms with Gasteiger partial charge < -0.3 is 20.9 Å². The number of nitrogens with one attached hydrogen (secondary N) is 1. The van der Waals surface area contributed by atoms with Crippen LogP contribution in [0.3, 0.4) is 0 Å². The maximum absolute atomic E-state index is 9.42. The third-order valence-electron chi connectivity index (χ3n) is 2.18. The molecule has 1 aromatic rings. The summed E-state index contributed by atoms with van der Waals surface area (Å²) in [5.41, 5.74) is 6.55. The first kappa shape index (κ1) is 13.2. The van der Waals surface area contributed by atoms with Gasteiger partial charge in [0.25, 0.3) is 0 Å². The maximum atomic E-state index is 9.42. The van der Waals surface area contributed by atoms with E-state index in [1.165, 1.54) is 13.3 Å². The van der Waals surface area contributed by atoms with Crippen LogP contribution in [0, 0.1) is 11.3 Å². The molecular formula is C11H16N4O2. The molecule has 0 spiro atoms. The number of aromatic nitrogens is 1. The van der Waals surface area contributed by atoms with Crippen LogP contribution in [-0.2, 0) is 4.74 Å². The standard InChI is InChI=1S/C11H16N4O2/c1-17-7-9(16)2-3-14-11-10(13)4-8(5-12)6-15-11/h4,6,9,16H,2-3,7,13H2,1H3,(H,14,15). The van der Waals surface area contributed by atoms with Crippen molar-refractivity contribution < 1.29 is 9.84 Å². The van der Waals surface area contributed by atoms with E-state index in [-0.39, 0.29) is 0 Å². The van der Waals surface area contributed by atoms with E-state index in [9.17, 15) is 5.11 Å². The number of nitrogens with two attached hydrogens (primary N) is 1. The van der Waals surface area contributed by atoms with Crippen LogP contribution in [0.15, 0.2) is 12.3 Å². The fraction of sp³-hybridized carbons (Fsp3) is 0.455. The zero-order chi connectivity index (χ0) is 12.7. The molecule has 0 radical (unpaired) electrons. The highest BCUT2D eigenvalue weighted by Gasteiger charge is 2.05. The van der Waals surface area contributed by atoms with E-state index >= 15 is 0 Å². The number of nitrogen functional groups attached to an aromatic ring is 1. The molecule has 1 heterocycles. The minimum absolute atomic E-state index is 0.304. The molecule has 0 aromatic carbocycles. The zero-order valence-corrected chi connectivity index (χ0v) is 9.68. The third-order valence-corrected chi connectivity index (χ3v) is 2.18.